The molecule has 0 saturated carbocycles. The van der Waals surface area contributed by atoms with Gasteiger partial charge in [-0.1, -0.05) is 57.5 Å². The number of halogens is 1. The van der Waals surface area contributed by atoms with E-state index in [9.17, 15) is 0 Å². The highest BCUT2D eigenvalue weighted by Crippen LogP contribution is 2.36. The predicted octanol–water partition coefficient (Wildman–Crippen LogP) is 5.06. The molecule has 0 bridgehead atoms. The molecule has 0 saturated heterocycles. The Morgan fingerprint density at radius 3 is 2.32 bits per heavy atom. The lowest BCUT2D eigenvalue weighted by molar-refractivity contribution is 0.438. The summed E-state index contributed by atoms with van der Waals surface area (Å²) in [4.78, 5) is 0. The van der Waals surface area contributed by atoms with Gasteiger partial charge in [0.25, 0.3) is 0 Å². The Kier molecular flexibility index (Phi) is 5.69. The molecule has 1 rings (SSSR count). The maximum atomic E-state index is 6.17. The smallest absolute Gasteiger partial charge is 0.220 e. The van der Waals surface area contributed by atoms with Crippen molar-refractivity contribution >= 4 is 25.7 Å². The maximum Gasteiger partial charge on any atom is 0.220 e. The molecule has 0 heterocycles. The van der Waals surface area contributed by atoms with Crippen LogP contribution in [-0.4, -0.2) is 9.76 Å². The number of hydrogen-bond acceptors (Lipinski definition) is 1. The first kappa shape index (κ1) is 16.8. The molecule has 1 nitrogen and oxygen atoms in total. The van der Waals surface area contributed by atoms with Crippen LogP contribution in [0, 0.1) is 5.41 Å². The first-order valence-corrected chi connectivity index (χ1v) is 9.45. The van der Waals surface area contributed by atoms with E-state index in [1.54, 1.807) is 0 Å². The van der Waals surface area contributed by atoms with E-state index in [4.69, 9.17) is 4.43 Å². The van der Waals surface area contributed by atoms with Gasteiger partial charge in [-0.15, -0.1) is 0 Å². The van der Waals surface area contributed by atoms with Crippen LogP contribution in [0.2, 0.25) is 6.04 Å². The number of rotatable bonds is 5. The lowest BCUT2D eigenvalue weighted by Gasteiger charge is -2.27. The van der Waals surface area contributed by atoms with Gasteiger partial charge in [0.05, 0.1) is 0 Å². The van der Waals surface area contributed by atoms with Gasteiger partial charge in [0, 0.05) is 4.47 Å². The van der Waals surface area contributed by atoms with Crippen LogP contribution in [0.25, 0.3) is 0 Å². The Balaban J connectivity index is 2.89. The lowest BCUT2D eigenvalue weighted by atomic mass is 9.82. The van der Waals surface area contributed by atoms with E-state index in [1.165, 1.54) is 11.6 Å². The molecule has 0 atom stereocenters. The highest BCUT2D eigenvalue weighted by Gasteiger charge is 2.23. The first-order valence-electron chi connectivity index (χ1n) is 7.08. The summed E-state index contributed by atoms with van der Waals surface area (Å²) >= 11 is 3.57. The summed E-state index contributed by atoms with van der Waals surface area (Å²) in [7, 11) is -0.506. The zero-order chi connectivity index (χ0) is 14.7. The topological polar surface area (TPSA) is 9.23 Å². The molecule has 0 radical (unpaired) electrons. The zero-order valence-corrected chi connectivity index (χ0v) is 16.1. The second-order valence-corrected chi connectivity index (χ2v) is 9.15. The Morgan fingerprint density at radius 1 is 1.16 bits per heavy atom. The molecule has 3 heteroatoms. The van der Waals surface area contributed by atoms with Gasteiger partial charge in [0.1, 0.15) is 5.75 Å². The Labute approximate surface area is 129 Å². The van der Waals surface area contributed by atoms with E-state index in [0.717, 1.165) is 16.6 Å². The SMILES string of the molecule is CCC(C)(C)c1cc(Br)ccc1O[SiH2]CC(C)(C)C. The first-order chi connectivity index (χ1) is 8.65. The second kappa shape index (κ2) is 6.44. The van der Waals surface area contributed by atoms with Crippen molar-refractivity contribution in [3.05, 3.63) is 28.2 Å². The predicted molar refractivity (Wildman–Crippen MR) is 90.9 cm³/mol. The normalized spacial score (nSPS) is 13.2. The fourth-order valence-corrected chi connectivity index (χ4v) is 3.36. The van der Waals surface area contributed by atoms with Crippen LogP contribution in [-0.2, 0) is 5.41 Å². The van der Waals surface area contributed by atoms with Gasteiger partial charge in [0.2, 0.25) is 9.76 Å². The van der Waals surface area contributed by atoms with Crippen molar-refractivity contribution in [2.75, 3.05) is 0 Å². The molecular weight excluding hydrogens is 316 g/mol. The van der Waals surface area contributed by atoms with Gasteiger partial charge < -0.3 is 4.43 Å². The summed E-state index contributed by atoms with van der Waals surface area (Å²) in [5, 5.41) is 0. The summed E-state index contributed by atoms with van der Waals surface area (Å²) < 4.78 is 7.31. The van der Waals surface area contributed by atoms with E-state index < -0.39 is 9.76 Å². The molecule has 0 aliphatic carbocycles. The van der Waals surface area contributed by atoms with E-state index in [1.807, 2.05) is 0 Å². The Hall–Kier alpha value is -0.283. The average Bonchev–Trinajstić information content (AvgIpc) is 2.29. The van der Waals surface area contributed by atoms with Crippen molar-refractivity contribution < 1.29 is 4.43 Å². The molecule has 19 heavy (non-hydrogen) atoms. The van der Waals surface area contributed by atoms with Crippen LogP contribution in [0.4, 0.5) is 0 Å². The van der Waals surface area contributed by atoms with Crippen LogP contribution in [0.5, 0.6) is 5.75 Å². The summed E-state index contributed by atoms with van der Waals surface area (Å²) in [6.07, 6.45) is 1.11. The van der Waals surface area contributed by atoms with Gasteiger partial charge in [-0.2, -0.15) is 0 Å². The molecule has 0 N–H and O–H groups in total. The van der Waals surface area contributed by atoms with Crippen LogP contribution < -0.4 is 4.43 Å². The Bertz CT molecular complexity index is 421. The quantitative estimate of drug-likeness (QED) is 0.679. The fourth-order valence-electron chi connectivity index (χ4n) is 1.81. The lowest BCUT2D eigenvalue weighted by Crippen LogP contribution is -2.19. The van der Waals surface area contributed by atoms with Crippen molar-refractivity contribution in [1.29, 1.82) is 0 Å². The van der Waals surface area contributed by atoms with Gasteiger partial charge in [-0.25, -0.2) is 0 Å². The van der Waals surface area contributed by atoms with Crippen molar-refractivity contribution in [2.24, 2.45) is 5.41 Å². The molecule has 0 aliphatic heterocycles. The van der Waals surface area contributed by atoms with Gasteiger partial charge in [-0.3, -0.25) is 0 Å². The van der Waals surface area contributed by atoms with Crippen LogP contribution in [0.3, 0.4) is 0 Å². The standard InChI is InChI=1S/C16H27BrOSi/c1-7-16(5,6)13-10-12(17)8-9-14(13)18-19-11-15(2,3)4/h8-10H,7,11,19H2,1-6H3. The van der Waals surface area contributed by atoms with Crippen molar-refractivity contribution in [2.45, 2.75) is 59.4 Å². The molecule has 0 spiro atoms. The molecule has 0 unspecified atom stereocenters. The van der Waals surface area contributed by atoms with Crippen LogP contribution in [0.15, 0.2) is 22.7 Å². The molecule has 0 amide bonds. The third kappa shape index (κ3) is 5.31. The molecule has 0 aromatic heterocycles. The van der Waals surface area contributed by atoms with E-state index in [0.29, 0.717) is 5.41 Å². The number of benzene rings is 1. The minimum atomic E-state index is -0.506. The third-order valence-corrected chi connectivity index (χ3v) is 6.38. The fraction of sp³-hybridized carbons (Fsp3) is 0.625. The second-order valence-electron chi connectivity index (χ2n) is 7.04. The van der Waals surface area contributed by atoms with Crippen LogP contribution >= 0.6 is 15.9 Å². The van der Waals surface area contributed by atoms with Gasteiger partial charge >= 0.3 is 0 Å². The molecule has 108 valence electrons. The maximum absolute atomic E-state index is 6.17. The molecule has 0 aliphatic rings. The highest BCUT2D eigenvalue weighted by molar-refractivity contribution is 9.10. The molecular formula is C16H27BrOSi. The van der Waals surface area contributed by atoms with Gasteiger partial charge in [0.15, 0.2) is 0 Å². The summed E-state index contributed by atoms with van der Waals surface area (Å²) in [6.45, 7) is 13.6. The summed E-state index contributed by atoms with van der Waals surface area (Å²) in [5.74, 6) is 1.09. The van der Waals surface area contributed by atoms with Crippen molar-refractivity contribution in [3.8, 4) is 5.75 Å². The Morgan fingerprint density at radius 2 is 1.79 bits per heavy atom. The minimum absolute atomic E-state index is 0.162. The van der Waals surface area contributed by atoms with Crippen molar-refractivity contribution in [3.63, 3.8) is 0 Å². The molecule has 1 aromatic rings. The van der Waals surface area contributed by atoms with E-state index >= 15 is 0 Å². The van der Waals surface area contributed by atoms with Gasteiger partial charge in [-0.05, 0) is 47.1 Å². The zero-order valence-electron chi connectivity index (χ0n) is 13.1. The molecule has 1 aromatic carbocycles. The highest BCUT2D eigenvalue weighted by atomic mass is 79.9. The van der Waals surface area contributed by atoms with E-state index in [2.05, 4.69) is 75.7 Å². The average molecular weight is 343 g/mol. The minimum Gasteiger partial charge on any atom is -0.549 e. The monoisotopic (exact) mass is 342 g/mol. The third-order valence-electron chi connectivity index (χ3n) is 3.66. The van der Waals surface area contributed by atoms with Crippen LogP contribution in [0.1, 0.15) is 53.5 Å². The summed E-state index contributed by atoms with van der Waals surface area (Å²) in [5.41, 5.74) is 1.86. The number of hydrogen-bond donors (Lipinski definition) is 0. The largest absolute Gasteiger partial charge is 0.549 e. The van der Waals surface area contributed by atoms with Crippen molar-refractivity contribution in [1.82, 2.24) is 0 Å². The van der Waals surface area contributed by atoms with E-state index in [-0.39, 0.29) is 5.41 Å². The summed E-state index contributed by atoms with van der Waals surface area (Å²) in [6, 6.07) is 7.61. The molecule has 0 fully saturated rings.